The predicted octanol–water partition coefficient (Wildman–Crippen LogP) is 2.00. The van der Waals surface area contributed by atoms with Gasteiger partial charge in [-0.15, -0.1) is 0 Å². The first-order valence-electron chi connectivity index (χ1n) is 7.11. The monoisotopic (exact) mass is 364 g/mol. The van der Waals surface area contributed by atoms with Gasteiger partial charge in [0.05, 0.1) is 16.9 Å². The Morgan fingerprint density at radius 1 is 1.12 bits per heavy atom. The molecule has 0 aliphatic heterocycles. The molecule has 1 N–H and O–H groups in total. The van der Waals surface area contributed by atoms with Crippen LogP contribution in [0.15, 0.2) is 53.4 Å². The summed E-state index contributed by atoms with van der Waals surface area (Å²) in [6.07, 6.45) is 0.484. The van der Waals surface area contributed by atoms with E-state index in [9.17, 15) is 23.3 Å². The van der Waals surface area contributed by atoms with Crippen LogP contribution in [0.1, 0.15) is 12.5 Å². The molecule has 0 saturated carbocycles. The van der Waals surface area contributed by atoms with Gasteiger partial charge in [-0.05, 0) is 36.8 Å². The molecule has 0 spiro atoms. The summed E-state index contributed by atoms with van der Waals surface area (Å²) in [4.78, 5) is 21.4. The van der Waals surface area contributed by atoms with Crippen molar-refractivity contribution in [1.82, 2.24) is 4.72 Å². The fourth-order valence-electron chi connectivity index (χ4n) is 2.17. The van der Waals surface area contributed by atoms with Crippen LogP contribution in [-0.2, 0) is 20.4 Å². The third kappa shape index (κ3) is 4.01. The first kappa shape index (κ1) is 18.6. The third-order valence-electron chi connectivity index (χ3n) is 3.63. The Balaban J connectivity index is 2.34. The van der Waals surface area contributed by atoms with Crippen LogP contribution in [0.4, 0.5) is 5.69 Å². The SMILES string of the molecule is COc1ccc(C(C)(C=O)NS(=O)(=O)c2ccc([N+](=O)[O-])cc2)cc1. The van der Waals surface area contributed by atoms with E-state index in [-0.39, 0.29) is 10.6 Å². The summed E-state index contributed by atoms with van der Waals surface area (Å²) in [7, 11) is -2.58. The summed E-state index contributed by atoms with van der Waals surface area (Å²) >= 11 is 0. The molecule has 2 aromatic carbocycles. The molecule has 0 aromatic heterocycles. The van der Waals surface area contributed by atoms with Crippen molar-refractivity contribution in [3.8, 4) is 5.75 Å². The predicted molar refractivity (Wildman–Crippen MR) is 89.8 cm³/mol. The molecular formula is C16H16N2O6S. The lowest BCUT2D eigenvalue weighted by atomic mass is 9.95. The van der Waals surface area contributed by atoms with E-state index in [1.165, 1.54) is 14.0 Å². The number of benzene rings is 2. The average Bonchev–Trinajstić information content (AvgIpc) is 2.61. The minimum absolute atomic E-state index is 0.181. The van der Waals surface area contributed by atoms with Gasteiger partial charge in [0.1, 0.15) is 17.6 Å². The zero-order chi connectivity index (χ0) is 18.7. The lowest BCUT2D eigenvalue weighted by Crippen LogP contribution is -2.44. The molecule has 0 amide bonds. The Morgan fingerprint density at radius 2 is 1.68 bits per heavy atom. The zero-order valence-corrected chi connectivity index (χ0v) is 14.3. The number of ether oxygens (including phenoxy) is 1. The van der Waals surface area contributed by atoms with Gasteiger partial charge < -0.3 is 9.53 Å². The number of rotatable bonds is 7. The molecule has 0 fully saturated rings. The van der Waals surface area contributed by atoms with E-state index in [1.54, 1.807) is 24.3 Å². The molecule has 0 radical (unpaired) electrons. The molecule has 9 heteroatoms. The molecule has 132 valence electrons. The van der Waals surface area contributed by atoms with E-state index in [0.29, 0.717) is 17.6 Å². The van der Waals surface area contributed by atoms with Gasteiger partial charge in [0.25, 0.3) is 5.69 Å². The van der Waals surface area contributed by atoms with Crippen molar-refractivity contribution in [1.29, 1.82) is 0 Å². The maximum Gasteiger partial charge on any atom is 0.269 e. The Bertz CT molecular complexity index is 878. The lowest BCUT2D eigenvalue weighted by molar-refractivity contribution is -0.384. The molecule has 0 bridgehead atoms. The maximum atomic E-state index is 12.5. The number of methoxy groups -OCH3 is 1. The quantitative estimate of drug-likeness (QED) is 0.456. The van der Waals surface area contributed by atoms with Crippen LogP contribution in [-0.4, -0.2) is 26.7 Å². The van der Waals surface area contributed by atoms with E-state index in [1.807, 2.05) is 0 Å². The van der Waals surface area contributed by atoms with Gasteiger partial charge in [0.2, 0.25) is 10.0 Å². The van der Waals surface area contributed by atoms with Crippen LogP contribution >= 0.6 is 0 Å². The number of nitro benzene ring substituents is 1. The highest BCUT2D eigenvalue weighted by molar-refractivity contribution is 7.89. The Labute approximate surface area is 144 Å². The number of hydrogen-bond donors (Lipinski definition) is 1. The van der Waals surface area contributed by atoms with Crippen molar-refractivity contribution in [2.45, 2.75) is 17.4 Å². The van der Waals surface area contributed by atoms with Gasteiger partial charge in [-0.3, -0.25) is 10.1 Å². The number of nitrogens with one attached hydrogen (secondary N) is 1. The first-order chi connectivity index (χ1) is 11.7. The van der Waals surface area contributed by atoms with Gasteiger partial charge in [0, 0.05) is 12.1 Å². The van der Waals surface area contributed by atoms with Gasteiger partial charge in [-0.1, -0.05) is 12.1 Å². The second-order valence-electron chi connectivity index (χ2n) is 5.41. The molecule has 1 atom stereocenters. The standard InChI is InChI=1S/C16H16N2O6S/c1-16(11-19,12-3-7-14(24-2)8-4-12)17-25(22,23)15-9-5-13(6-10-15)18(20)21/h3-11,17H,1-2H3. The Hall–Kier alpha value is -2.78. The molecule has 2 rings (SSSR count). The molecule has 25 heavy (non-hydrogen) atoms. The van der Waals surface area contributed by atoms with E-state index in [0.717, 1.165) is 24.3 Å². The number of non-ortho nitro benzene ring substituents is 1. The van der Waals surface area contributed by atoms with Crippen molar-refractivity contribution in [2.24, 2.45) is 0 Å². The highest BCUT2D eigenvalue weighted by Gasteiger charge is 2.32. The summed E-state index contributed by atoms with van der Waals surface area (Å²) in [5.41, 5.74) is -1.31. The normalized spacial score (nSPS) is 13.7. The van der Waals surface area contributed by atoms with E-state index >= 15 is 0 Å². The maximum absolute atomic E-state index is 12.5. The second kappa shape index (κ2) is 6.99. The van der Waals surface area contributed by atoms with Crippen LogP contribution in [0.5, 0.6) is 5.75 Å². The summed E-state index contributed by atoms with van der Waals surface area (Å²) in [6, 6.07) is 10.8. The van der Waals surface area contributed by atoms with Crippen LogP contribution in [0, 0.1) is 10.1 Å². The van der Waals surface area contributed by atoms with E-state index in [4.69, 9.17) is 4.74 Å². The van der Waals surface area contributed by atoms with Crippen molar-refractivity contribution in [2.75, 3.05) is 7.11 Å². The molecule has 0 aliphatic rings. The zero-order valence-electron chi connectivity index (χ0n) is 13.5. The Kier molecular flexibility index (Phi) is 5.19. The van der Waals surface area contributed by atoms with Crippen LogP contribution in [0.25, 0.3) is 0 Å². The molecule has 1 unspecified atom stereocenters. The van der Waals surface area contributed by atoms with Gasteiger partial charge in [-0.25, -0.2) is 8.42 Å². The summed E-state index contributed by atoms with van der Waals surface area (Å²) in [5, 5.41) is 10.7. The van der Waals surface area contributed by atoms with Crippen molar-refractivity contribution >= 4 is 22.0 Å². The average molecular weight is 364 g/mol. The summed E-state index contributed by atoms with van der Waals surface area (Å²) in [6.45, 7) is 1.42. The number of nitro groups is 1. The smallest absolute Gasteiger partial charge is 0.269 e. The van der Waals surface area contributed by atoms with Gasteiger partial charge in [0.15, 0.2) is 0 Å². The molecule has 0 saturated heterocycles. The molecule has 8 nitrogen and oxygen atoms in total. The first-order valence-corrected chi connectivity index (χ1v) is 8.59. The number of carbonyl (C=O) groups is 1. The van der Waals surface area contributed by atoms with Crippen molar-refractivity contribution in [3.63, 3.8) is 0 Å². The van der Waals surface area contributed by atoms with E-state index in [2.05, 4.69) is 4.72 Å². The van der Waals surface area contributed by atoms with E-state index < -0.39 is 20.5 Å². The molecular weight excluding hydrogens is 348 g/mol. The number of aldehydes is 1. The van der Waals surface area contributed by atoms with Crippen molar-refractivity contribution in [3.05, 3.63) is 64.2 Å². The summed E-state index contributed by atoms with van der Waals surface area (Å²) in [5.74, 6) is 0.565. The number of carbonyl (C=O) groups excluding carboxylic acids is 1. The second-order valence-corrected chi connectivity index (χ2v) is 7.09. The van der Waals surface area contributed by atoms with Crippen LogP contribution in [0.2, 0.25) is 0 Å². The summed E-state index contributed by atoms with van der Waals surface area (Å²) < 4.78 is 32.4. The number of hydrogen-bond acceptors (Lipinski definition) is 6. The largest absolute Gasteiger partial charge is 0.497 e. The topological polar surface area (TPSA) is 116 Å². The molecule has 0 aliphatic carbocycles. The molecule has 2 aromatic rings. The minimum atomic E-state index is -4.07. The van der Waals surface area contributed by atoms with Crippen LogP contribution < -0.4 is 9.46 Å². The highest BCUT2D eigenvalue weighted by Crippen LogP contribution is 2.25. The van der Waals surface area contributed by atoms with Gasteiger partial charge in [-0.2, -0.15) is 4.72 Å². The number of nitrogens with zero attached hydrogens (tertiary/aromatic N) is 1. The Morgan fingerprint density at radius 3 is 2.12 bits per heavy atom. The van der Waals surface area contributed by atoms with Crippen LogP contribution in [0.3, 0.4) is 0 Å². The third-order valence-corrected chi connectivity index (χ3v) is 5.22. The highest BCUT2D eigenvalue weighted by atomic mass is 32.2. The van der Waals surface area contributed by atoms with Gasteiger partial charge >= 0.3 is 0 Å². The van der Waals surface area contributed by atoms with Crippen molar-refractivity contribution < 1.29 is 22.9 Å². The fraction of sp³-hybridized carbons (Fsp3) is 0.188. The lowest BCUT2D eigenvalue weighted by Gasteiger charge is -2.25. The minimum Gasteiger partial charge on any atom is -0.497 e. The number of sulfonamides is 1. The fourth-order valence-corrected chi connectivity index (χ4v) is 3.51. The molecule has 0 heterocycles.